The van der Waals surface area contributed by atoms with Gasteiger partial charge in [-0.25, -0.2) is 0 Å². The molecule has 3 aliphatic rings. The Morgan fingerprint density at radius 3 is 2.47 bits per heavy atom. The molecule has 4 atom stereocenters. The largest absolute Gasteiger partial charge is 0.391 e. The van der Waals surface area contributed by atoms with Crippen LogP contribution in [-0.2, 0) is 0 Å². The number of rotatable bonds is 1. The molecule has 2 heteroatoms. The first-order valence-corrected chi connectivity index (χ1v) is 8.50. The first-order valence-electron chi connectivity index (χ1n) is 8.50. The van der Waals surface area contributed by atoms with Crippen LogP contribution in [0, 0.1) is 17.3 Å². The summed E-state index contributed by atoms with van der Waals surface area (Å²) in [7, 11) is 0. The van der Waals surface area contributed by atoms with E-state index in [9.17, 15) is 5.11 Å². The summed E-state index contributed by atoms with van der Waals surface area (Å²) in [6, 6.07) is 0.437. The minimum atomic E-state index is -0.124. The molecule has 0 aromatic heterocycles. The van der Waals surface area contributed by atoms with Crippen LogP contribution in [0.4, 0.5) is 0 Å². The maximum absolute atomic E-state index is 10.7. The number of fused-ring (bicyclic) bond motifs is 1. The summed E-state index contributed by atoms with van der Waals surface area (Å²) in [5, 5.41) is 10.7. The third kappa shape index (κ3) is 2.71. The van der Waals surface area contributed by atoms with Crippen LogP contribution in [0.5, 0.6) is 0 Å². The fourth-order valence-corrected chi connectivity index (χ4v) is 4.91. The van der Waals surface area contributed by atoms with Gasteiger partial charge in [0, 0.05) is 12.6 Å². The fourth-order valence-electron chi connectivity index (χ4n) is 4.91. The van der Waals surface area contributed by atoms with E-state index in [0.717, 1.165) is 11.8 Å². The monoisotopic (exact) mass is 265 g/mol. The molecule has 0 aromatic carbocycles. The molecule has 3 fully saturated rings. The van der Waals surface area contributed by atoms with E-state index in [2.05, 4.69) is 18.7 Å². The maximum atomic E-state index is 10.7. The number of aliphatic hydroxyl groups is 1. The number of aliphatic hydroxyl groups excluding tert-OH is 1. The van der Waals surface area contributed by atoms with Gasteiger partial charge in [0.25, 0.3) is 0 Å². The molecule has 0 aromatic rings. The lowest BCUT2D eigenvalue weighted by atomic mass is 9.70. The second-order valence-electron chi connectivity index (χ2n) is 7.98. The van der Waals surface area contributed by atoms with Gasteiger partial charge in [0.05, 0.1) is 6.10 Å². The van der Waals surface area contributed by atoms with E-state index >= 15 is 0 Å². The molecule has 0 amide bonds. The van der Waals surface area contributed by atoms with E-state index in [4.69, 9.17) is 0 Å². The van der Waals surface area contributed by atoms with Gasteiger partial charge < -0.3 is 5.11 Å². The van der Waals surface area contributed by atoms with Gasteiger partial charge in [-0.05, 0) is 49.5 Å². The Morgan fingerprint density at radius 2 is 1.68 bits per heavy atom. The Morgan fingerprint density at radius 1 is 0.947 bits per heavy atom. The van der Waals surface area contributed by atoms with E-state index < -0.39 is 0 Å². The zero-order valence-corrected chi connectivity index (χ0v) is 12.8. The average molecular weight is 265 g/mol. The van der Waals surface area contributed by atoms with Crippen LogP contribution in [0.15, 0.2) is 0 Å². The molecular weight excluding hydrogens is 234 g/mol. The Kier molecular flexibility index (Phi) is 3.92. The van der Waals surface area contributed by atoms with E-state index in [-0.39, 0.29) is 11.5 Å². The Balaban J connectivity index is 1.65. The number of nitrogens with zero attached hydrogens (tertiary/aromatic N) is 1. The van der Waals surface area contributed by atoms with Crippen LogP contribution in [0.1, 0.15) is 65.2 Å². The summed E-state index contributed by atoms with van der Waals surface area (Å²) in [6.45, 7) is 7.00. The van der Waals surface area contributed by atoms with Crippen molar-refractivity contribution >= 4 is 0 Å². The fraction of sp³-hybridized carbons (Fsp3) is 1.00. The Bertz CT molecular complexity index is 314. The van der Waals surface area contributed by atoms with Crippen molar-refractivity contribution in [1.82, 2.24) is 4.90 Å². The standard InChI is InChI=1S/C17H31NO/c1-17(2)10-5-8-15(16(17)19)18-11-9-13-6-3-4-7-14(13)12-18/h13-16,19H,3-12H2,1-2H3. The predicted molar refractivity (Wildman–Crippen MR) is 79.1 cm³/mol. The number of hydrogen-bond acceptors (Lipinski definition) is 2. The van der Waals surface area contributed by atoms with Crippen molar-refractivity contribution < 1.29 is 5.11 Å². The molecule has 1 N–H and O–H groups in total. The highest BCUT2D eigenvalue weighted by Crippen LogP contribution is 2.41. The summed E-state index contributed by atoms with van der Waals surface area (Å²) in [6.07, 6.45) is 10.8. The van der Waals surface area contributed by atoms with E-state index in [1.807, 2.05) is 0 Å². The molecule has 1 heterocycles. The predicted octanol–water partition coefficient (Wildman–Crippen LogP) is 3.44. The van der Waals surface area contributed by atoms with Gasteiger partial charge in [-0.1, -0.05) is 39.5 Å². The zero-order valence-electron chi connectivity index (χ0n) is 12.8. The number of likely N-dealkylation sites (tertiary alicyclic amines) is 1. The first kappa shape index (κ1) is 13.9. The molecule has 1 saturated heterocycles. The van der Waals surface area contributed by atoms with Crippen LogP contribution in [0.2, 0.25) is 0 Å². The minimum Gasteiger partial charge on any atom is -0.391 e. The third-order valence-electron chi connectivity index (χ3n) is 6.28. The summed E-state index contributed by atoms with van der Waals surface area (Å²) < 4.78 is 0. The maximum Gasteiger partial charge on any atom is 0.0746 e. The van der Waals surface area contributed by atoms with Crippen molar-refractivity contribution in [2.24, 2.45) is 17.3 Å². The van der Waals surface area contributed by atoms with Gasteiger partial charge in [0.1, 0.15) is 0 Å². The highest BCUT2D eigenvalue weighted by Gasteiger charge is 2.42. The van der Waals surface area contributed by atoms with Crippen LogP contribution >= 0.6 is 0 Å². The van der Waals surface area contributed by atoms with Gasteiger partial charge in [0.2, 0.25) is 0 Å². The van der Waals surface area contributed by atoms with Crippen molar-refractivity contribution in [2.75, 3.05) is 13.1 Å². The molecule has 2 saturated carbocycles. The SMILES string of the molecule is CC1(C)CCCC(N2CCC3CCCCC3C2)C1O. The normalized spacial score (nSPS) is 43.7. The lowest BCUT2D eigenvalue weighted by Crippen LogP contribution is -2.56. The molecule has 110 valence electrons. The quantitative estimate of drug-likeness (QED) is 0.785. The smallest absolute Gasteiger partial charge is 0.0746 e. The lowest BCUT2D eigenvalue weighted by Gasteiger charge is -2.50. The molecule has 0 spiro atoms. The van der Waals surface area contributed by atoms with Gasteiger partial charge >= 0.3 is 0 Å². The second-order valence-corrected chi connectivity index (χ2v) is 7.98. The Hall–Kier alpha value is -0.0800. The summed E-state index contributed by atoms with van der Waals surface area (Å²) in [4.78, 5) is 2.65. The summed E-state index contributed by atoms with van der Waals surface area (Å²) in [5.74, 6) is 1.93. The number of piperidine rings is 1. The molecule has 19 heavy (non-hydrogen) atoms. The van der Waals surface area contributed by atoms with Crippen LogP contribution in [0.3, 0.4) is 0 Å². The summed E-state index contributed by atoms with van der Waals surface area (Å²) in [5.41, 5.74) is 0.117. The van der Waals surface area contributed by atoms with Crippen molar-refractivity contribution in [3.05, 3.63) is 0 Å². The highest BCUT2D eigenvalue weighted by molar-refractivity contribution is 4.96. The Labute approximate surface area is 118 Å². The highest BCUT2D eigenvalue weighted by atomic mass is 16.3. The molecule has 3 rings (SSSR count). The topological polar surface area (TPSA) is 23.5 Å². The van der Waals surface area contributed by atoms with Crippen molar-refractivity contribution in [1.29, 1.82) is 0 Å². The number of hydrogen-bond donors (Lipinski definition) is 1. The molecule has 4 unspecified atom stereocenters. The first-order chi connectivity index (χ1) is 9.08. The average Bonchev–Trinajstić information content (AvgIpc) is 2.41. The molecule has 0 radical (unpaired) electrons. The van der Waals surface area contributed by atoms with Gasteiger partial charge in [-0.3, -0.25) is 4.90 Å². The third-order valence-corrected chi connectivity index (χ3v) is 6.28. The van der Waals surface area contributed by atoms with Gasteiger partial charge in [-0.15, -0.1) is 0 Å². The van der Waals surface area contributed by atoms with E-state index in [1.54, 1.807) is 0 Å². The molecule has 2 nitrogen and oxygen atoms in total. The van der Waals surface area contributed by atoms with E-state index in [1.165, 1.54) is 64.5 Å². The minimum absolute atomic E-state index is 0.117. The molecule has 1 aliphatic heterocycles. The molecule has 0 bridgehead atoms. The van der Waals surface area contributed by atoms with Gasteiger partial charge in [0.15, 0.2) is 0 Å². The zero-order chi connectivity index (χ0) is 13.5. The van der Waals surface area contributed by atoms with E-state index in [0.29, 0.717) is 6.04 Å². The van der Waals surface area contributed by atoms with Crippen molar-refractivity contribution in [2.45, 2.75) is 77.4 Å². The molecular formula is C17H31NO. The van der Waals surface area contributed by atoms with Crippen molar-refractivity contribution in [3.8, 4) is 0 Å². The van der Waals surface area contributed by atoms with Crippen LogP contribution < -0.4 is 0 Å². The van der Waals surface area contributed by atoms with Crippen molar-refractivity contribution in [3.63, 3.8) is 0 Å². The second kappa shape index (κ2) is 5.37. The van der Waals surface area contributed by atoms with Gasteiger partial charge in [-0.2, -0.15) is 0 Å². The summed E-state index contributed by atoms with van der Waals surface area (Å²) >= 11 is 0. The molecule has 2 aliphatic carbocycles. The van der Waals surface area contributed by atoms with Crippen LogP contribution in [-0.4, -0.2) is 35.2 Å². The lowest BCUT2D eigenvalue weighted by molar-refractivity contribution is -0.0756. The van der Waals surface area contributed by atoms with Crippen LogP contribution in [0.25, 0.3) is 0 Å².